The monoisotopic (exact) mass is 321 g/mol. The zero-order valence-corrected chi connectivity index (χ0v) is 14.7. The minimum Gasteiger partial charge on any atom is -0.305 e. The maximum atomic E-state index is 9.69. The van der Waals surface area contributed by atoms with Gasteiger partial charge in [-0.1, -0.05) is 38.8 Å². The number of H-pyrrole nitrogens is 1. The van der Waals surface area contributed by atoms with E-state index in [0.29, 0.717) is 0 Å². The van der Waals surface area contributed by atoms with Gasteiger partial charge in [-0.2, -0.15) is 9.66 Å². The van der Waals surface area contributed by atoms with Crippen LogP contribution in [-0.2, 0) is 6.42 Å². The molecule has 4 nitrogen and oxygen atoms in total. The van der Waals surface area contributed by atoms with Crippen molar-refractivity contribution in [2.75, 3.05) is 11.9 Å². The smallest absolute Gasteiger partial charge is 0.250 e. The first-order valence-corrected chi connectivity index (χ1v) is 8.84. The highest BCUT2D eigenvalue weighted by molar-refractivity contribution is 5.78. The average molecular weight is 321 g/mol. The molecule has 3 aromatic rings. The highest BCUT2D eigenvalue weighted by Crippen LogP contribution is 2.25. The molecular weight excluding hydrogens is 296 g/mol. The van der Waals surface area contributed by atoms with E-state index in [2.05, 4.69) is 53.7 Å². The Hall–Kier alpha value is -2.54. The Morgan fingerprint density at radius 1 is 1.21 bits per heavy atom. The maximum Gasteiger partial charge on any atom is 0.250 e. The fraction of sp³-hybridized carbons (Fsp3) is 0.400. The minimum atomic E-state index is 0.738. The third kappa shape index (κ3) is 2.60. The number of unbranched alkanes of at least 4 members (excludes halogenated alkanes) is 2. The van der Waals surface area contributed by atoms with Crippen LogP contribution < -0.4 is 9.72 Å². The summed E-state index contributed by atoms with van der Waals surface area (Å²) in [6.07, 6.45) is 4.50. The fourth-order valence-corrected chi connectivity index (χ4v) is 3.46. The first kappa shape index (κ1) is 16.3. The molecule has 2 aromatic heterocycles. The lowest BCUT2D eigenvalue weighted by Gasteiger charge is -2.12. The molecule has 0 saturated carbocycles. The number of para-hydroxylation sites is 2. The second-order valence-electron chi connectivity index (χ2n) is 6.25. The highest BCUT2D eigenvalue weighted by Gasteiger charge is 2.24. The Labute approximate surface area is 143 Å². The molecule has 0 amide bonds. The lowest BCUT2D eigenvalue weighted by molar-refractivity contribution is -0.465. The Balaban J connectivity index is 2.28. The number of pyridine rings is 1. The van der Waals surface area contributed by atoms with E-state index in [1.165, 1.54) is 18.4 Å². The van der Waals surface area contributed by atoms with Crippen LogP contribution in [-0.4, -0.2) is 11.5 Å². The fourth-order valence-electron chi connectivity index (χ4n) is 3.46. The predicted molar refractivity (Wildman–Crippen MR) is 98.3 cm³/mol. The van der Waals surface area contributed by atoms with Gasteiger partial charge in [0.2, 0.25) is 11.5 Å². The summed E-state index contributed by atoms with van der Waals surface area (Å²) in [5.74, 6) is 1.12. The van der Waals surface area contributed by atoms with Crippen LogP contribution in [0.1, 0.15) is 49.8 Å². The zero-order chi connectivity index (χ0) is 17.1. The molecule has 0 bridgehead atoms. The molecule has 3 rings (SSSR count). The molecule has 2 N–H and O–H groups in total. The van der Waals surface area contributed by atoms with Crippen LogP contribution in [0.15, 0.2) is 24.3 Å². The van der Waals surface area contributed by atoms with E-state index in [0.717, 1.165) is 53.0 Å². The van der Waals surface area contributed by atoms with E-state index in [4.69, 9.17) is 0 Å². The van der Waals surface area contributed by atoms with Crippen molar-refractivity contribution < 1.29 is 4.40 Å². The predicted octanol–water partition coefficient (Wildman–Crippen LogP) is 4.25. The van der Waals surface area contributed by atoms with Crippen LogP contribution in [0.4, 0.5) is 5.82 Å². The summed E-state index contributed by atoms with van der Waals surface area (Å²) < 4.78 is 2.19. The zero-order valence-electron chi connectivity index (χ0n) is 14.7. The van der Waals surface area contributed by atoms with Crippen molar-refractivity contribution in [2.24, 2.45) is 0 Å². The van der Waals surface area contributed by atoms with Gasteiger partial charge in [-0.05, 0) is 37.5 Å². The summed E-state index contributed by atoms with van der Waals surface area (Å²) in [4.78, 5) is 3.43. The first-order valence-electron chi connectivity index (χ1n) is 8.84. The number of anilines is 1. The second-order valence-corrected chi connectivity index (χ2v) is 6.25. The number of fused-ring (bicyclic) bond motifs is 3. The van der Waals surface area contributed by atoms with Gasteiger partial charge in [-0.25, -0.2) is 0 Å². The van der Waals surface area contributed by atoms with Crippen molar-refractivity contribution in [3.63, 3.8) is 0 Å². The Kier molecular flexibility index (Phi) is 4.71. The second kappa shape index (κ2) is 6.92. The number of nitrogens with zero attached hydrogens (tertiary/aromatic N) is 2. The number of hydrogen-bond donors (Lipinski definition) is 2. The van der Waals surface area contributed by atoms with E-state index < -0.39 is 0 Å². The number of rotatable bonds is 6. The summed E-state index contributed by atoms with van der Waals surface area (Å²) in [5, 5.41) is 13.3. The number of nitrogens with one attached hydrogen (secondary N) is 2. The molecule has 1 aromatic carbocycles. The SMILES string of the molecule is CCCCCNc1c(CC)c(C)c(C#N)c2[nH]c3ccccc3[n+]12. The lowest BCUT2D eigenvalue weighted by Crippen LogP contribution is -2.30. The third-order valence-electron chi connectivity index (χ3n) is 4.73. The molecule has 0 saturated heterocycles. The van der Waals surface area contributed by atoms with Gasteiger partial charge < -0.3 is 5.32 Å². The van der Waals surface area contributed by atoms with Crippen LogP contribution >= 0.6 is 0 Å². The maximum absolute atomic E-state index is 9.69. The molecular formula is C20H25N4+. The number of aromatic amines is 1. The molecule has 0 aliphatic carbocycles. The van der Waals surface area contributed by atoms with Gasteiger partial charge in [0, 0.05) is 5.56 Å². The van der Waals surface area contributed by atoms with E-state index in [-0.39, 0.29) is 0 Å². The summed E-state index contributed by atoms with van der Waals surface area (Å²) in [6.45, 7) is 7.38. The van der Waals surface area contributed by atoms with Crippen molar-refractivity contribution >= 4 is 22.5 Å². The van der Waals surface area contributed by atoms with Crippen LogP contribution in [0.25, 0.3) is 16.7 Å². The molecule has 0 spiro atoms. The molecule has 0 aliphatic rings. The molecule has 0 atom stereocenters. The first-order chi connectivity index (χ1) is 11.7. The summed E-state index contributed by atoms with van der Waals surface area (Å²) in [6, 6.07) is 10.6. The molecule has 24 heavy (non-hydrogen) atoms. The molecule has 2 heterocycles. The average Bonchev–Trinajstić information content (AvgIpc) is 2.97. The largest absolute Gasteiger partial charge is 0.305 e. The summed E-state index contributed by atoms with van der Waals surface area (Å²) in [7, 11) is 0. The molecule has 0 unspecified atom stereocenters. The van der Waals surface area contributed by atoms with Gasteiger partial charge >= 0.3 is 0 Å². The van der Waals surface area contributed by atoms with Crippen molar-refractivity contribution in [3.8, 4) is 6.07 Å². The van der Waals surface area contributed by atoms with Gasteiger partial charge in [0.25, 0.3) is 0 Å². The van der Waals surface area contributed by atoms with Crippen LogP contribution in [0.3, 0.4) is 0 Å². The van der Waals surface area contributed by atoms with Crippen molar-refractivity contribution in [1.29, 1.82) is 5.26 Å². The number of imidazole rings is 1. The molecule has 124 valence electrons. The Morgan fingerprint density at radius 3 is 2.71 bits per heavy atom. The van der Waals surface area contributed by atoms with Crippen molar-refractivity contribution in [3.05, 3.63) is 41.0 Å². The van der Waals surface area contributed by atoms with Gasteiger partial charge in [0.1, 0.15) is 22.7 Å². The Morgan fingerprint density at radius 2 is 2.00 bits per heavy atom. The molecule has 0 fully saturated rings. The molecule has 0 radical (unpaired) electrons. The van der Waals surface area contributed by atoms with E-state index in [1.54, 1.807) is 0 Å². The minimum absolute atomic E-state index is 0.738. The quantitative estimate of drug-likeness (QED) is 0.527. The van der Waals surface area contributed by atoms with Crippen LogP contribution in [0.2, 0.25) is 0 Å². The van der Waals surface area contributed by atoms with Gasteiger partial charge in [-0.15, -0.1) is 0 Å². The lowest BCUT2D eigenvalue weighted by atomic mass is 10.0. The Bertz CT molecular complexity index is 915. The van der Waals surface area contributed by atoms with E-state index in [1.807, 2.05) is 12.1 Å². The topological polar surface area (TPSA) is 55.7 Å². The summed E-state index contributed by atoms with van der Waals surface area (Å²) >= 11 is 0. The van der Waals surface area contributed by atoms with Crippen LogP contribution in [0.5, 0.6) is 0 Å². The standard InChI is InChI=1S/C20H24N4/c1-4-6-9-12-22-19-15(5-2)14(3)16(13-21)20-23-17-10-7-8-11-18(17)24(19)20/h7-8,10-11H,4-6,9,12H2,1-3H3,(H,22,23)/p+1. The number of nitriles is 1. The third-order valence-corrected chi connectivity index (χ3v) is 4.73. The van der Waals surface area contributed by atoms with Crippen molar-refractivity contribution in [1.82, 2.24) is 4.98 Å². The van der Waals surface area contributed by atoms with E-state index >= 15 is 0 Å². The van der Waals surface area contributed by atoms with Gasteiger partial charge in [-0.3, -0.25) is 4.98 Å². The van der Waals surface area contributed by atoms with Crippen LogP contribution in [0, 0.1) is 18.3 Å². The molecule has 0 aliphatic heterocycles. The summed E-state index contributed by atoms with van der Waals surface area (Å²) in [5.41, 5.74) is 6.08. The highest BCUT2D eigenvalue weighted by atomic mass is 15.1. The molecule has 4 heteroatoms. The van der Waals surface area contributed by atoms with Gasteiger partial charge in [0.15, 0.2) is 0 Å². The number of hydrogen-bond acceptors (Lipinski definition) is 2. The number of aromatic nitrogens is 2. The normalized spacial score (nSPS) is 11.1. The number of benzene rings is 1. The van der Waals surface area contributed by atoms with Crippen molar-refractivity contribution in [2.45, 2.75) is 46.5 Å². The van der Waals surface area contributed by atoms with Gasteiger partial charge in [0.05, 0.1) is 6.54 Å². The van der Waals surface area contributed by atoms with E-state index in [9.17, 15) is 5.26 Å².